The molecule has 97 heavy (non-hydrogen) atoms. The molecule has 0 unspecified atom stereocenters. The number of aromatic hydroxyl groups is 1. The fourth-order valence-corrected chi connectivity index (χ4v) is 11.5. The summed E-state index contributed by atoms with van der Waals surface area (Å²) in [7, 11) is 0. The molecule has 0 radical (unpaired) electrons. The van der Waals surface area contributed by atoms with E-state index in [1.807, 2.05) is 44.2 Å². The summed E-state index contributed by atoms with van der Waals surface area (Å²) < 4.78 is 0. The Hall–Kier alpha value is -9.00. The van der Waals surface area contributed by atoms with Crippen molar-refractivity contribution >= 4 is 87.8 Å². The van der Waals surface area contributed by atoms with Gasteiger partial charge in [-0.3, -0.25) is 62.3 Å². The van der Waals surface area contributed by atoms with Crippen molar-refractivity contribution in [2.45, 2.75) is 185 Å². The molecular formula is C67H99N15O14S. The SMILES string of the molecule is CC(=O)NCCSC(=O)[C@H](CC(C)C)NC(=O)[C@H](CCCN)NC(=O)[C@@H](NC(=O)[C@H](Cc1ccc(O)cc1)NC(=O)[C@H](CCC(N)=O)NC(=O)[C@H](CC(N)=O)NC(=O)[C@H](CCCCN)NC(=O)[C@H](Cc1ccccc1)NC(=O)[C@@H]1CCCN1C(=O)[C@H](N)Cc1ccccc1)C(C)C. The molecule has 1 heterocycles. The molecule has 4 rings (SSSR count). The first-order valence-electron chi connectivity index (χ1n) is 32.8. The van der Waals surface area contributed by atoms with Crippen molar-refractivity contribution in [3.8, 4) is 5.75 Å². The van der Waals surface area contributed by atoms with Gasteiger partial charge in [-0.15, -0.1) is 0 Å². The summed E-state index contributed by atoms with van der Waals surface area (Å²) in [6, 6.07) is 9.93. The second-order valence-electron chi connectivity index (χ2n) is 24.9. The van der Waals surface area contributed by atoms with Gasteiger partial charge in [-0.05, 0) is 118 Å². The smallest absolute Gasteiger partial charge is 0.243 e. The van der Waals surface area contributed by atoms with Crippen LogP contribution in [-0.2, 0) is 81.6 Å². The Kier molecular flexibility index (Phi) is 34.7. The number of unbranched alkanes of at least 4 members (excludes halogenated alkanes) is 1. The van der Waals surface area contributed by atoms with Crippen LogP contribution in [0.1, 0.15) is 122 Å². The number of primary amides is 2. The summed E-state index contributed by atoms with van der Waals surface area (Å²) in [4.78, 5) is 180. The van der Waals surface area contributed by atoms with E-state index in [0.717, 1.165) is 17.3 Å². The lowest BCUT2D eigenvalue weighted by Crippen LogP contribution is -2.61. The quantitative estimate of drug-likeness (QED) is 0.0294. The number of hydrogen-bond acceptors (Lipinski definition) is 18. The summed E-state index contributed by atoms with van der Waals surface area (Å²) in [5.41, 5.74) is 31.1. The van der Waals surface area contributed by atoms with Crippen molar-refractivity contribution < 1.29 is 67.4 Å². The van der Waals surface area contributed by atoms with Gasteiger partial charge in [0.25, 0.3) is 0 Å². The number of rotatable bonds is 42. The molecule has 20 N–H and O–H groups in total. The molecule has 30 heteroatoms. The van der Waals surface area contributed by atoms with E-state index in [1.165, 1.54) is 36.1 Å². The number of nitrogens with two attached hydrogens (primary N) is 5. The number of likely N-dealkylation sites (tertiary alicyclic amines) is 1. The van der Waals surface area contributed by atoms with Crippen LogP contribution in [0.3, 0.4) is 0 Å². The molecule has 0 saturated carbocycles. The first-order valence-corrected chi connectivity index (χ1v) is 33.8. The molecule has 12 amide bonds. The van der Waals surface area contributed by atoms with Crippen LogP contribution in [0.5, 0.6) is 5.75 Å². The number of hydrogen-bond donors (Lipinski definition) is 15. The Morgan fingerprint density at radius 3 is 1.56 bits per heavy atom. The largest absolute Gasteiger partial charge is 0.508 e. The molecule has 532 valence electrons. The Bertz CT molecular complexity index is 3130. The molecule has 1 aliphatic heterocycles. The summed E-state index contributed by atoms with van der Waals surface area (Å²) >= 11 is 0.930. The molecule has 10 atom stereocenters. The zero-order valence-electron chi connectivity index (χ0n) is 55.9. The fraction of sp³-hybridized carbons (Fsp3) is 0.537. The standard InChI is InChI=1S/C67H99N15O14S/c1-39(2)34-53(67(96)97-33-31-73-41(5)83)80-59(88)48(21-14-30-69)76-65(94)57(40(3)4)81-63(92)51(37-44-23-25-45(84)26-24-44)77-60(89)49(27-28-55(71)85)75-62(91)52(38-56(72)86)78-58(87)47(20-12-13-29-68)74-61(90)50(36-43-18-10-7-11-19-43)79-64(93)54-22-15-32-82(54)66(95)46(70)35-42-16-8-6-9-17-42/h6-11,16-19,23-26,39-40,46-54,57,84H,12-15,20-22,27-38,68-70H2,1-5H3,(H2,71,85)(H2,72,86)(H,73,83)(H,74,90)(H,75,91)(H,76,94)(H,77,89)(H,78,87)(H,79,93)(H,80,88)(H,81,92)/t46-,47+,48+,49+,50+,51+,52+,53+,54+,57+/m1/s1. The minimum absolute atomic E-state index is 0.0359. The Labute approximate surface area is 570 Å². The molecule has 1 saturated heterocycles. The topological polar surface area (TPSA) is 484 Å². The second-order valence-corrected chi connectivity index (χ2v) is 26.0. The third kappa shape index (κ3) is 28.7. The Morgan fingerprint density at radius 1 is 0.546 bits per heavy atom. The lowest BCUT2D eigenvalue weighted by atomic mass is 9.99. The maximum atomic E-state index is 14.6. The summed E-state index contributed by atoms with van der Waals surface area (Å²) in [6.45, 7) is 9.08. The van der Waals surface area contributed by atoms with Crippen LogP contribution in [0.4, 0.5) is 0 Å². The highest BCUT2D eigenvalue weighted by molar-refractivity contribution is 8.13. The maximum Gasteiger partial charge on any atom is 0.243 e. The van der Waals surface area contributed by atoms with Gasteiger partial charge in [-0.25, -0.2) is 0 Å². The zero-order valence-corrected chi connectivity index (χ0v) is 56.8. The molecular weight excluding hydrogens is 1270 g/mol. The average Bonchev–Trinajstić information content (AvgIpc) is 1.79. The molecule has 3 aromatic carbocycles. The Morgan fingerprint density at radius 2 is 1.02 bits per heavy atom. The van der Waals surface area contributed by atoms with E-state index >= 15 is 0 Å². The van der Waals surface area contributed by atoms with E-state index in [1.54, 1.807) is 44.2 Å². The van der Waals surface area contributed by atoms with Crippen molar-refractivity contribution in [2.75, 3.05) is 31.9 Å². The van der Waals surface area contributed by atoms with Crippen molar-refractivity contribution in [1.82, 2.24) is 52.8 Å². The number of phenolic OH excluding ortho intramolecular Hbond substituents is 1. The van der Waals surface area contributed by atoms with Crippen LogP contribution in [-0.4, -0.2) is 178 Å². The number of phenols is 1. The van der Waals surface area contributed by atoms with Crippen LogP contribution in [0.15, 0.2) is 84.9 Å². The lowest BCUT2D eigenvalue weighted by molar-refractivity contribution is -0.140. The molecule has 0 aliphatic carbocycles. The van der Waals surface area contributed by atoms with E-state index < -0.39 is 151 Å². The average molecular weight is 1370 g/mol. The van der Waals surface area contributed by atoms with Gasteiger partial charge in [0.05, 0.1) is 18.5 Å². The van der Waals surface area contributed by atoms with Crippen molar-refractivity contribution in [1.29, 1.82) is 0 Å². The summed E-state index contributed by atoms with van der Waals surface area (Å²) in [6.07, 6.45) is -0.146. The Balaban J connectivity index is 1.60. The molecule has 3 aromatic rings. The van der Waals surface area contributed by atoms with Gasteiger partial charge in [0, 0.05) is 45.0 Å². The van der Waals surface area contributed by atoms with Crippen molar-refractivity contribution in [2.24, 2.45) is 40.5 Å². The number of thioether (sulfide) groups is 1. The molecule has 1 aliphatic rings. The van der Waals surface area contributed by atoms with Gasteiger partial charge in [-0.2, -0.15) is 0 Å². The predicted molar refractivity (Wildman–Crippen MR) is 364 cm³/mol. The van der Waals surface area contributed by atoms with Gasteiger partial charge in [0.2, 0.25) is 76.0 Å². The van der Waals surface area contributed by atoms with E-state index in [0.29, 0.717) is 24.0 Å². The van der Waals surface area contributed by atoms with Gasteiger partial charge >= 0.3 is 0 Å². The normalized spacial score (nSPS) is 15.5. The van der Waals surface area contributed by atoms with E-state index in [4.69, 9.17) is 28.7 Å². The van der Waals surface area contributed by atoms with E-state index in [2.05, 4.69) is 47.9 Å². The lowest BCUT2D eigenvalue weighted by Gasteiger charge is -2.29. The number of nitrogens with zero attached hydrogens (tertiary/aromatic N) is 1. The first kappa shape index (κ1) is 80.4. The van der Waals surface area contributed by atoms with Crippen LogP contribution in [0.2, 0.25) is 0 Å². The fourth-order valence-electron chi connectivity index (χ4n) is 10.8. The third-order valence-electron chi connectivity index (χ3n) is 15.9. The van der Waals surface area contributed by atoms with Crippen LogP contribution < -0.4 is 76.5 Å². The van der Waals surface area contributed by atoms with Crippen LogP contribution in [0, 0.1) is 11.8 Å². The highest BCUT2D eigenvalue weighted by Gasteiger charge is 2.40. The minimum atomic E-state index is -1.85. The second kappa shape index (κ2) is 41.8. The van der Waals surface area contributed by atoms with E-state index in [9.17, 15) is 67.4 Å². The highest BCUT2D eigenvalue weighted by atomic mass is 32.2. The number of carbonyl (C=O) groups is 13. The van der Waals surface area contributed by atoms with Crippen LogP contribution in [0.25, 0.3) is 0 Å². The highest BCUT2D eigenvalue weighted by Crippen LogP contribution is 2.21. The number of benzene rings is 3. The number of amides is 12. The first-order chi connectivity index (χ1) is 46.1. The van der Waals surface area contributed by atoms with Crippen molar-refractivity contribution in [3.05, 3.63) is 102 Å². The monoisotopic (exact) mass is 1370 g/mol. The van der Waals surface area contributed by atoms with Gasteiger partial charge < -0.3 is 86.5 Å². The number of carbonyl (C=O) groups excluding carboxylic acids is 13. The molecule has 1 fully saturated rings. The summed E-state index contributed by atoms with van der Waals surface area (Å²) in [5, 5.41) is 33.5. The van der Waals surface area contributed by atoms with Crippen LogP contribution >= 0.6 is 11.8 Å². The van der Waals surface area contributed by atoms with Gasteiger partial charge in [0.15, 0.2) is 0 Å². The third-order valence-corrected chi connectivity index (χ3v) is 16.9. The minimum Gasteiger partial charge on any atom is -0.508 e. The summed E-state index contributed by atoms with van der Waals surface area (Å²) in [5.74, 6) is -10.5. The van der Waals surface area contributed by atoms with Gasteiger partial charge in [0.1, 0.15) is 54.1 Å². The molecule has 29 nitrogen and oxygen atoms in total. The number of nitrogens with one attached hydrogen (secondary N) is 9. The molecule has 0 aromatic heterocycles. The van der Waals surface area contributed by atoms with E-state index in [-0.39, 0.29) is 112 Å². The molecule has 0 spiro atoms. The zero-order chi connectivity index (χ0) is 71.7. The predicted octanol–water partition coefficient (Wildman–Crippen LogP) is -1.28. The van der Waals surface area contributed by atoms with Crippen molar-refractivity contribution in [3.63, 3.8) is 0 Å². The molecule has 0 bridgehead atoms. The maximum absolute atomic E-state index is 14.6. The van der Waals surface area contributed by atoms with Gasteiger partial charge in [-0.1, -0.05) is 112 Å².